The van der Waals surface area contributed by atoms with E-state index < -0.39 is 0 Å². The molecule has 0 bridgehead atoms. The van der Waals surface area contributed by atoms with Crippen molar-refractivity contribution in [1.82, 2.24) is 9.97 Å². The Balaban J connectivity index is 0.00000144. The number of hydrogen-bond donors (Lipinski definition) is 1. The van der Waals surface area contributed by atoms with Crippen LogP contribution in [0.15, 0.2) is 30.6 Å². The molecule has 1 N–H and O–H groups in total. The van der Waals surface area contributed by atoms with Gasteiger partial charge in [0.15, 0.2) is 0 Å². The second-order valence-corrected chi connectivity index (χ2v) is 6.33. The summed E-state index contributed by atoms with van der Waals surface area (Å²) in [6, 6.07) is 6.35. The molecular formula is C16H15ClFN3S. The maximum Gasteiger partial charge on any atom is 0.142 e. The van der Waals surface area contributed by atoms with Gasteiger partial charge in [-0.05, 0) is 55.5 Å². The van der Waals surface area contributed by atoms with Gasteiger partial charge in [0.25, 0.3) is 0 Å². The van der Waals surface area contributed by atoms with E-state index in [-0.39, 0.29) is 18.2 Å². The topological polar surface area (TPSA) is 37.8 Å². The van der Waals surface area contributed by atoms with Crippen LogP contribution in [-0.4, -0.2) is 9.97 Å². The molecule has 0 unspecified atom stereocenters. The smallest absolute Gasteiger partial charge is 0.142 e. The van der Waals surface area contributed by atoms with Gasteiger partial charge in [-0.1, -0.05) is 0 Å². The lowest BCUT2D eigenvalue weighted by molar-refractivity contribution is 0.628. The van der Waals surface area contributed by atoms with Crippen LogP contribution in [-0.2, 0) is 12.8 Å². The number of aromatic nitrogens is 2. The van der Waals surface area contributed by atoms with Crippen molar-refractivity contribution in [3.63, 3.8) is 0 Å². The molecule has 0 radical (unpaired) electrons. The van der Waals surface area contributed by atoms with Crippen LogP contribution in [0.1, 0.15) is 23.3 Å². The van der Waals surface area contributed by atoms with E-state index in [4.69, 9.17) is 0 Å². The largest absolute Gasteiger partial charge is 0.340 e. The van der Waals surface area contributed by atoms with Crippen molar-refractivity contribution in [2.75, 3.05) is 5.32 Å². The van der Waals surface area contributed by atoms with Crippen LogP contribution in [0, 0.1) is 5.82 Å². The number of anilines is 2. The maximum atomic E-state index is 13.0. The lowest BCUT2D eigenvalue weighted by Gasteiger charge is -2.12. The molecule has 0 saturated carbocycles. The predicted octanol–water partition coefficient (Wildman–Crippen LogP) is 4.87. The Morgan fingerprint density at radius 3 is 2.64 bits per heavy atom. The van der Waals surface area contributed by atoms with Crippen molar-refractivity contribution in [2.45, 2.75) is 25.7 Å². The Hall–Kier alpha value is -1.72. The molecule has 0 atom stereocenters. The number of hydrogen-bond acceptors (Lipinski definition) is 4. The lowest BCUT2D eigenvalue weighted by Crippen LogP contribution is -2.01. The van der Waals surface area contributed by atoms with E-state index in [2.05, 4.69) is 15.3 Å². The summed E-state index contributed by atoms with van der Waals surface area (Å²) in [5, 5.41) is 4.44. The molecule has 3 nitrogen and oxygen atoms in total. The summed E-state index contributed by atoms with van der Waals surface area (Å²) in [6.07, 6.45) is 6.32. The Kier molecular flexibility index (Phi) is 4.27. The Bertz CT molecular complexity index is 801. The van der Waals surface area contributed by atoms with E-state index in [0.717, 1.165) is 34.6 Å². The fourth-order valence-electron chi connectivity index (χ4n) is 2.85. The number of aryl methyl sites for hydroxylation is 2. The molecule has 0 spiro atoms. The fraction of sp³-hybridized carbons (Fsp3) is 0.250. The van der Waals surface area contributed by atoms with E-state index in [1.54, 1.807) is 29.8 Å². The molecule has 4 rings (SSSR count). The first-order valence-corrected chi connectivity index (χ1v) is 7.91. The average Bonchev–Trinajstić information content (AvgIpc) is 2.89. The first-order chi connectivity index (χ1) is 10.3. The highest BCUT2D eigenvalue weighted by atomic mass is 35.5. The van der Waals surface area contributed by atoms with Crippen molar-refractivity contribution >= 4 is 45.5 Å². The standard InChI is InChI=1S/C16H14FN3S.ClH/c17-10-5-7-11(8-6-10)20-15-14-12-3-1-2-4-13(12)21-16(14)19-9-18-15;/h5-9H,1-4H2,(H,18,19,20);1H. The summed E-state index contributed by atoms with van der Waals surface area (Å²) in [5.41, 5.74) is 2.23. The van der Waals surface area contributed by atoms with Crippen molar-refractivity contribution in [3.05, 3.63) is 46.9 Å². The molecule has 0 saturated heterocycles. The molecule has 114 valence electrons. The van der Waals surface area contributed by atoms with Gasteiger partial charge < -0.3 is 5.32 Å². The Labute approximate surface area is 138 Å². The number of fused-ring (bicyclic) bond motifs is 3. The number of nitrogens with zero attached hydrogens (tertiary/aromatic N) is 2. The summed E-state index contributed by atoms with van der Waals surface area (Å²) < 4.78 is 13.0. The van der Waals surface area contributed by atoms with Crippen LogP contribution in [0.3, 0.4) is 0 Å². The number of rotatable bonds is 2. The first kappa shape index (κ1) is 15.2. The van der Waals surface area contributed by atoms with Crippen LogP contribution in [0.4, 0.5) is 15.9 Å². The van der Waals surface area contributed by atoms with Crippen molar-refractivity contribution in [1.29, 1.82) is 0 Å². The highest BCUT2D eigenvalue weighted by Gasteiger charge is 2.19. The zero-order valence-corrected chi connectivity index (χ0v) is 13.4. The third-order valence-electron chi connectivity index (χ3n) is 3.86. The Morgan fingerprint density at radius 1 is 1.05 bits per heavy atom. The van der Waals surface area contributed by atoms with E-state index in [9.17, 15) is 4.39 Å². The van der Waals surface area contributed by atoms with Crippen molar-refractivity contribution in [2.24, 2.45) is 0 Å². The summed E-state index contributed by atoms with van der Waals surface area (Å²) >= 11 is 1.78. The minimum Gasteiger partial charge on any atom is -0.340 e. The molecule has 22 heavy (non-hydrogen) atoms. The second kappa shape index (κ2) is 6.18. The predicted molar refractivity (Wildman–Crippen MR) is 91.0 cm³/mol. The molecule has 1 aromatic carbocycles. The van der Waals surface area contributed by atoms with Crippen LogP contribution < -0.4 is 5.32 Å². The summed E-state index contributed by atoms with van der Waals surface area (Å²) in [4.78, 5) is 11.3. The van der Waals surface area contributed by atoms with E-state index in [1.165, 1.54) is 35.4 Å². The van der Waals surface area contributed by atoms with Gasteiger partial charge in [-0.25, -0.2) is 14.4 Å². The van der Waals surface area contributed by atoms with Crippen LogP contribution in [0.25, 0.3) is 10.2 Å². The summed E-state index contributed by atoms with van der Waals surface area (Å²) in [6.45, 7) is 0. The molecule has 0 fully saturated rings. The zero-order valence-electron chi connectivity index (χ0n) is 11.8. The monoisotopic (exact) mass is 335 g/mol. The highest BCUT2D eigenvalue weighted by molar-refractivity contribution is 7.19. The van der Waals surface area contributed by atoms with Gasteiger partial charge in [0.2, 0.25) is 0 Å². The normalized spacial score (nSPS) is 13.5. The molecule has 6 heteroatoms. The molecule has 1 aliphatic rings. The van der Waals surface area contributed by atoms with Gasteiger partial charge in [-0.2, -0.15) is 0 Å². The number of halogens is 2. The fourth-order valence-corrected chi connectivity index (χ4v) is 4.08. The van der Waals surface area contributed by atoms with Gasteiger partial charge in [0.05, 0.1) is 5.39 Å². The van der Waals surface area contributed by atoms with Gasteiger partial charge in [-0.3, -0.25) is 0 Å². The number of benzene rings is 1. The third-order valence-corrected chi connectivity index (χ3v) is 5.06. The van der Waals surface area contributed by atoms with Crippen LogP contribution in [0.5, 0.6) is 0 Å². The van der Waals surface area contributed by atoms with Crippen LogP contribution in [0.2, 0.25) is 0 Å². The van der Waals surface area contributed by atoms with Crippen molar-refractivity contribution in [3.8, 4) is 0 Å². The minimum atomic E-state index is -0.235. The quantitative estimate of drug-likeness (QED) is 0.725. The number of nitrogens with one attached hydrogen (secondary N) is 1. The van der Waals surface area contributed by atoms with Crippen molar-refractivity contribution < 1.29 is 4.39 Å². The molecule has 2 aromatic heterocycles. The van der Waals surface area contributed by atoms with E-state index >= 15 is 0 Å². The summed E-state index contributed by atoms with van der Waals surface area (Å²) in [5.74, 6) is 0.590. The molecule has 2 heterocycles. The SMILES string of the molecule is Cl.Fc1ccc(Nc2ncnc3sc4c(c23)CCCC4)cc1. The Morgan fingerprint density at radius 2 is 1.82 bits per heavy atom. The third kappa shape index (κ3) is 2.66. The average molecular weight is 336 g/mol. The number of thiophene rings is 1. The molecule has 0 aliphatic heterocycles. The van der Waals surface area contributed by atoms with E-state index in [1.807, 2.05) is 0 Å². The molecule has 1 aliphatic carbocycles. The molecular weight excluding hydrogens is 321 g/mol. The van der Waals surface area contributed by atoms with E-state index in [0.29, 0.717) is 0 Å². The highest BCUT2D eigenvalue weighted by Crippen LogP contribution is 2.38. The van der Waals surface area contributed by atoms with Gasteiger partial charge in [0, 0.05) is 10.6 Å². The second-order valence-electron chi connectivity index (χ2n) is 5.25. The first-order valence-electron chi connectivity index (χ1n) is 7.09. The molecule has 3 aromatic rings. The molecule has 0 amide bonds. The minimum absolute atomic E-state index is 0. The van der Waals surface area contributed by atoms with Gasteiger partial charge in [0.1, 0.15) is 22.8 Å². The van der Waals surface area contributed by atoms with Crippen LogP contribution >= 0.6 is 23.7 Å². The zero-order chi connectivity index (χ0) is 14.2. The van der Waals surface area contributed by atoms with Gasteiger partial charge >= 0.3 is 0 Å². The summed E-state index contributed by atoms with van der Waals surface area (Å²) in [7, 11) is 0. The van der Waals surface area contributed by atoms with Gasteiger partial charge in [-0.15, -0.1) is 23.7 Å². The maximum absolute atomic E-state index is 13.0. The lowest BCUT2D eigenvalue weighted by atomic mass is 9.97.